The maximum atomic E-state index is 2.60. The van der Waals surface area contributed by atoms with E-state index in [-0.39, 0.29) is 0 Å². The lowest BCUT2D eigenvalue weighted by atomic mass is 9.87. The minimum absolute atomic E-state index is 1.06. The van der Waals surface area contributed by atoms with E-state index in [1.165, 1.54) is 149 Å². The minimum atomic E-state index is 1.06. The van der Waals surface area contributed by atoms with Gasteiger partial charge in [-0.1, -0.05) is 36.4 Å². The number of rotatable bonds is 14. The molecule has 2 aromatic carbocycles. The topological polar surface area (TPSA) is 17.6 Å². The monoisotopic (exact) mass is 791 g/mol. The Labute approximate surface area is 354 Å². The van der Waals surface area contributed by atoms with Crippen molar-refractivity contribution < 1.29 is 18.1 Å². The molecule has 4 aromatic heterocycles. The Hall–Kier alpha value is -4.78. The molecule has 6 nitrogen and oxygen atoms in total. The van der Waals surface area contributed by atoms with Gasteiger partial charge in [0.05, 0.1) is 54.4 Å². The lowest BCUT2D eigenvalue weighted by Crippen LogP contribution is -2.46. The van der Waals surface area contributed by atoms with Crippen LogP contribution in [0.5, 0.6) is 0 Å². The van der Waals surface area contributed by atoms with Gasteiger partial charge in [-0.25, -0.2) is 9.13 Å². The molecule has 6 heteroatoms. The van der Waals surface area contributed by atoms with Crippen molar-refractivity contribution in [3.8, 4) is 0 Å². The number of nitrogens with zero attached hydrogens (tertiary/aromatic N) is 6. The Morgan fingerprint density at radius 2 is 0.949 bits per heavy atom. The van der Waals surface area contributed by atoms with Gasteiger partial charge in [0.15, 0.2) is 24.8 Å². The van der Waals surface area contributed by atoms with Crippen LogP contribution in [0.2, 0.25) is 0 Å². The Kier molecular flexibility index (Phi) is 11.9. The number of aromatic nitrogens is 4. The van der Waals surface area contributed by atoms with Gasteiger partial charge < -0.3 is 18.1 Å². The summed E-state index contributed by atoms with van der Waals surface area (Å²) in [6, 6.07) is 22.8. The highest BCUT2D eigenvalue weighted by Gasteiger charge is 2.24. The fourth-order valence-corrected chi connectivity index (χ4v) is 10.5. The van der Waals surface area contributed by atoms with Crippen LogP contribution in [0.3, 0.4) is 0 Å². The van der Waals surface area contributed by atoms with Gasteiger partial charge in [-0.15, -0.1) is 0 Å². The summed E-state index contributed by atoms with van der Waals surface area (Å²) < 4.78 is 11.7. The summed E-state index contributed by atoms with van der Waals surface area (Å²) in [7, 11) is 14.0. The number of aryl methyl sites for hydroxylation is 6. The van der Waals surface area contributed by atoms with E-state index >= 15 is 0 Å². The van der Waals surface area contributed by atoms with Gasteiger partial charge in [0.1, 0.15) is 14.1 Å². The number of hydrogen-bond acceptors (Lipinski definition) is 0. The second-order valence-corrected chi connectivity index (χ2v) is 19.3. The molecule has 0 saturated heterocycles. The zero-order valence-electron chi connectivity index (χ0n) is 37.5. The van der Waals surface area contributed by atoms with Gasteiger partial charge >= 0.3 is 0 Å². The molecule has 2 aliphatic rings. The largest absolute Gasteiger partial charge is 0.344 e. The highest BCUT2D eigenvalue weighted by molar-refractivity contribution is 5.98. The van der Waals surface area contributed by atoms with Crippen molar-refractivity contribution in [1.82, 2.24) is 9.13 Å². The van der Waals surface area contributed by atoms with E-state index in [0.717, 1.165) is 34.9 Å². The highest BCUT2D eigenvalue weighted by atomic mass is 15.3. The molecule has 0 aliphatic heterocycles. The summed E-state index contributed by atoms with van der Waals surface area (Å²) in [5.74, 6) is 0. The normalized spacial score (nSPS) is 16.1. The summed E-state index contributed by atoms with van der Waals surface area (Å²) >= 11 is 0. The second kappa shape index (κ2) is 17.1. The van der Waals surface area contributed by atoms with E-state index in [1.807, 2.05) is 0 Å². The van der Waals surface area contributed by atoms with Gasteiger partial charge in [0.2, 0.25) is 0 Å². The molecule has 0 amide bonds. The molecule has 0 radical (unpaired) electrons. The van der Waals surface area contributed by atoms with E-state index in [9.17, 15) is 0 Å². The average molecular weight is 791 g/mol. The van der Waals surface area contributed by atoms with Gasteiger partial charge in [-0.05, 0) is 98.9 Å². The van der Waals surface area contributed by atoms with E-state index in [1.54, 1.807) is 0 Å². The van der Waals surface area contributed by atoms with Crippen LogP contribution in [0.4, 0.5) is 0 Å². The number of allylic oxidation sites excluding steroid dienone is 2. The molecule has 0 bridgehead atoms. The molecule has 308 valence electrons. The Morgan fingerprint density at radius 1 is 0.542 bits per heavy atom. The van der Waals surface area contributed by atoms with E-state index in [4.69, 9.17) is 0 Å². The number of pyridine rings is 2. The van der Waals surface area contributed by atoms with Crippen molar-refractivity contribution in [2.24, 2.45) is 14.1 Å². The van der Waals surface area contributed by atoms with Gasteiger partial charge in [0.25, 0.3) is 0 Å². The SMILES string of the molecule is Cc1c(/C=C2\CCCc3c[n+](C)ccc32)c2ccccc2n1CCC[N+](C)(C)CCC[N+](C)(C)CCCn1c(C)c(/C=C2\CCCc3c[n+](C)ccc32)c2ccccc21. The van der Waals surface area contributed by atoms with Gasteiger partial charge in [0, 0.05) is 99.9 Å². The lowest BCUT2D eigenvalue weighted by molar-refractivity contribution is -0.909. The average Bonchev–Trinajstić information content (AvgIpc) is 3.62. The molecule has 0 saturated carbocycles. The molecule has 0 spiro atoms. The molecule has 59 heavy (non-hydrogen) atoms. The van der Waals surface area contributed by atoms with E-state index in [0.29, 0.717) is 0 Å². The molecule has 6 aromatic rings. The van der Waals surface area contributed by atoms with Crippen molar-refractivity contribution in [2.45, 2.75) is 84.7 Å². The van der Waals surface area contributed by atoms with Crippen molar-refractivity contribution in [2.75, 3.05) is 54.4 Å². The molecule has 8 rings (SSSR count). The predicted molar refractivity (Wildman–Crippen MR) is 248 cm³/mol. The summed E-state index contributed by atoms with van der Waals surface area (Å²) in [4.78, 5) is 0. The van der Waals surface area contributed by atoms with Crippen LogP contribution in [0, 0.1) is 13.8 Å². The number of quaternary nitrogens is 2. The summed E-state index contributed by atoms with van der Waals surface area (Å²) in [5.41, 5.74) is 17.2. The first-order chi connectivity index (χ1) is 28.4. The van der Waals surface area contributed by atoms with Crippen LogP contribution >= 0.6 is 0 Å². The zero-order valence-corrected chi connectivity index (χ0v) is 37.5. The van der Waals surface area contributed by atoms with Gasteiger partial charge in [-0.3, -0.25) is 0 Å². The second-order valence-electron chi connectivity index (χ2n) is 19.3. The fourth-order valence-electron chi connectivity index (χ4n) is 10.5. The quantitative estimate of drug-likeness (QED) is 0.0773. The summed E-state index contributed by atoms with van der Waals surface area (Å²) in [6.07, 6.45) is 24.8. The van der Waals surface area contributed by atoms with Crippen LogP contribution in [-0.2, 0) is 40.0 Å². The van der Waals surface area contributed by atoms with Crippen LogP contribution in [-0.4, -0.2) is 72.5 Å². The molecular weight excluding hydrogens is 721 g/mol. The van der Waals surface area contributed by atoms with Crippen LogP contribution in [0.15, 0.2) is 85.5 Å². The smallest absolute Gasteiger partial charge is 0.172 e. The van der Waals surface area contributed by atoms with Crippen LogP contribution in [0.1, 0.15) is 89.7 Å². The van der Waals surface area contributed by atoms with Gasteiger partial charge in [-0.2, -0.15) is 0 Å². The summed E-state index contributed by atoms with van der Waals surface area (Å²) in [5, 5.41) is 2.77. The number of para-hydroxylation sites is 2. The summed E-state index contributed by atoms with van der Waals surface area (Å²) in [6.45, 7) is 11.6. The lowest BCUT2D eigenvalue weighted by Gasteiger charge is -2.34. The highest BCUT2D eigenvalue weighted by Crippen LogP contribution is 2.37. The van der Waals surface area contributed by atoms with Crippen molar-refractivity contribution in [1.29, 1.82) is 0 Å². The van der Waals surface area contributed by atoms with Crippen molar-refractivity contribution >= 4 is 45.1 Å². The number of hydrogen-bond donors (Lipinski definition) is 0. The van der Waals surface area contributed by atoms with E-state index < -0.39 is 0 Å². The molecule has 0 unspecified atom stereocenters. The maximum absolute atomic E-state index is 2.60. The molecule has 0 atom stereocenters. The Morgan fingerprint density at radius 3 is 1.39 bits per heavy atom. The third kappa shape index (κ3) is 8.90. The third-order valence-electron chi connectivity index (χ3n) is 13.9. The number of fused-ring (bicyclic) bond motifs is 4. The van der Waals surface area contributed by atoms with Crippen LogP contribution < -0.4 is 9.13 Å². The number of benzene rings is 2. The standard InChI is InChI=1S/C53H70N6/c1-40-50(36-42-18-13-20-44-38-54(3)30-26-46(42)44)48-22-9-11-24-52(48)56(40)28-15-32-58(5,6)34-17-35-59(7,8)33-16-29-57-41(2)51(49-23-10-12-25-53(49)57)37-43-19-14-21-45-39-55(4)31-27-47(43)45/h9-12,22-27,30-31,36-39H,13-21,28-29,32-35H2,1-8H3/q+4. The predicted octanol–water partition coefficient (Wildman–Crippen LogP) is 9.64. The van der Waals surface area contributed by atoms with Crippen LogP contribution in [0.25, 0.3) is 45.1 Å². The molecule has 0 fully saturated rings. The fraction of sp³-hybridized carbons (Fsp3) is 0.434. The minimum Gasteiger partial charge on any atom is -0.344 e. The van der Waals surface area contributed by atoms with Crippen molar-refractivity contribution in [3.63, 3.8) is 0 Å². The van der Waals surface area contributed by atoms with Crippen molar-refractivity contribution in [3.05, 3.63) is 130 Å². The maximum Gasteiger partial charge on any atom is 0.172 e. The third-order valence-corrected chi connectivity index (χ3v) is 13.9. The first-order valence-electron chi connectivity index (χ1n) is 22.6. The molecule has 4 heterocycles. The molecule has 0 N–H and O–H groups in total. The first-order valence-corrected chi connectivity index (χ1v) is 22.6. The molecule has 2 aliphatic carbocycles. The Bertz CT molecular complexity index is 2360. The zero-order chi connectivity index (χ0) is 41.3. The molecular formula is C53H70N6+4. The van der Waals surface area contributed by atoms with E-state index in [2.05, 4.69) is 172 Å². The Balaban J connectivity index is 0.866. The first kappa shape index (κ1) is 41.0.